The first-order valence-corrected chi connectivity index (χ1v) is 2.99. The van der Waals surface area contributed by atoms with E-state index in [2.05, 4.69) is 4.99 Å². The Kier molecular flexibility index (Phi) is 0.918. The van der Waals surface area contributed by atoms with Crippen LogP contribution in [0.15, 0.2) is 24.3 Å². The molecule has 0 bridgehead atoms. The van der Waals surface area contributed by atoms with Crippen LogP contribution in [-0.2, 0) is 4.74 Å². The van der Waals surface area contributed by atoms with Crippen LogP contribution in [0.5, 0.6) is 0 Å². The van der Waals surface area contributed by atoms with Crippen molar-refractivity contribution in [2.45, 2.75) is 12.1 Å². The van der Waals surface area contributed by atoms with Gasteiger partial charge in [0.2, 0.25) is 0 Å². The largest absolute Gasteiger partial charge is 0.431 e. The van der Waals surface area contributed by atoms with Crippen LogP contribution in [0.1, 0.15) is 0 Å². The van der Waals surface area contributed by atoms with Crippen molar-refractivity contribution in [2.75, 3.05) is 0 Å². The third-order valence-corrected chi connectivity index (χ3v) is 1.51. The van der Waals surface area contributed by atoms with Crippen LogP contribution in [0.25, 0.3) is 0 Å². The standard InChI is InChI=1S/C7H7NO/c1-2-4-7-6(3-1)8-5-9-7/h1-7H/q+1. The molecule has 1 aliphatic heterocycles. The summed E-state index contributed by atoms with van der Waals surface area (Å²) in [6.07, 6.45) is 9.72. The number of hydrogen-bond donors (Lipinski definition) is 0. The molecule has 0 aromatic heterocycles. The second kappa shape index (κ2) is 1.72. The summed E-state index contributed by atoms with van der Waals surface area (Å²) in [4.78, 5) is 4.07. The van der Waals surface area contributed by atoms with Crippen LogP contribution < -0.4 is 4.99 Å². The van der Waals surface area contributed by atoms with Gasteiger partial charge < -0.3 is 4.74 Å². The lowest BCUT2D eigenvalue weighted by Gasteiger charge is -2.03. The van der Waals surface area contributed by atoms with Gasteiger partial charge in [-0.2, -0.15) is 0 Å². The lowest BCUT2D eigenvalue weighted by Crippen LogP contribution is -2.22. The molecule has 0 N–H and O–H groups in total. The van der Waals surface area contributed by atoms with E-state index in [4.69, 9.17) is 4.74 Å². The van der Waals surface area contributed by atoms with Gasteiger partial charge in [0.15, 0.2) is 6.10 Å². The summed E-state index contributed by atoms with van der Waals surface area (Å²) < 4.78 is 5.13. The van der Waals surface area contributed by atoms with Crippen LogP contribution in [0, 0.1) is 0 Å². The lowest BCUT2D eigenvalue weighted by atomic mass is 10.1. The molecule has 1 aliphatic carbocycles. The van der Waals surface area contributed by atoms with E-state index in [9.17, 15) is 0 Å². The molecule has 1 radical (unpaired) electrons. The van der Waals surface area contributed by atoms with Gasteiger partial charge >= 0.3 is 6.40 Å². The first-order valence-electron chi connectivity index (χ1n) is 2.99. The normalized spacial score (nSPS) is 36.4. The topological polar surface area (TPSA) is 23.3 Å². The zero-order valence-electron chi connectivity index (χ0n) is 4.90. The third kappa shape index (κ3) is 0.669. The molecule has 0 saturated heterocycles. The zero-order chi connectivity index (χ0) is 6.10. The van der Waals surface area contributed by atoms with Crippen LogP contribution in [-0.4, -0.2) is 18.5 Å². The average molecular weight is 121 g/mol. The lowest BCUT2D eigenvalue weighted by molar-refractivity contribution is 0.263. The maximum Gasteiger partial charge on any atom is 0.392 e. The number of aliphatic imine (C=N–C) groups is 1. The summed E-state index contributed by atoms with van der Waals surface area (Å²) in [5, 5.41) is 0. The molecular formula is C7H7NO+. The minimum Gasteiger partial charge on any atom is -0.431 e. The number of fused-ring (bicyclic) bond motifs is 1. The quantitative estimate of drug-likeness (QED) is 0.450. The fourth-order valence-electron chi connectivity index (χ4n) is 1.01. The van der Waals surface area contributed by atoms with Crippen molar-refractivity contribution in [1.29, 1.82) is 0 Å². The van der Waals surface area contributed by atoms with E-state index in [-0.39, 0.29) is 12.1 Å². The van der Waals surface area contributed by atoms with E-state index in [1.54, 1.807) is 0 Å². The van der Waals surface area contributed by atoms with E-state index in [0.717, 1.165) is 0 Å². The van der Waals surface area contributed by atoms with E-state index < -0.39 is 0 Å². The van der Waals surface area contributed by atoms with Gasteiger partial charge in [-0.05, 0) is 12.2 Å². The van der Waals surface area contributed by atoms with Crippen molar-refractivity contribution in [2.24, 2.45) is 0 Å². The molecule has 0 saturated carbocycles. The molecule has 45 valence electrons. The number of ether oxygens (including phenoxy) is 1. The molecule has 2 unspecified atom stereocenters. The molecule has 2 nitrogen and oxygen atoms in total. The zero-order valence-corrected chi connectivity index (χ0v) is 4.90. The first-order chi connectivity index (χ1) is 4.47. The van der Waals surface area contributed by atoms with Gasteiger partial charge in [-0.1, -0.05) is 12.2 Å². The molecule has 2 atom stereocenters. The monoisotopic (exact) mass is 121 g/mol. The Morgan fingerprint density at radius 3 is 3.00 bits per heavy atom. The summed E-state index contributed by atoms with van der Waals surface area (Å²) in [6.45, 7) is 0. The van der Waals surface area contributed by atoms with E-state index in [0.29, 0.717) is 0 Å². The fourth-order valence-corrected chi connectivity index (χ4v) is 1.01. The molecule has 2 heteroatoms. The van der Waals surface area contributed by atoms with Gasteiger partial charge in [0.25, 0.3) is 6.04 Å². The van der Waals surface area contributed by atoms with E-state index in [1.165, 1.54) is 6.40 Å². The van der Waals surface area contributed by atoms with Gasteiger partial charge in [-0.15, -0.1) is 0 Å². The Balaban J connectivity index is 2.25. The summed E-state index contributed by atoms with van der Waals surface area (Å²) >= 11 is 0. The van der Waals surface area contributed by atoms with Crippen molar-refractivity contribution in [1.82, 2.24) is 4.99 Å². The average Bonchev–Trinajstić information content (AvgIpc) is 2.33. The van der Waals surface area contributed by atoms with Gasteiger partial charge in [0.05, 0.1) is 4.99 Å². The van der Waals surface area contributed by atoms with Crippen LogP contribution in [0.2, 0.25) is 0 Å². The molecular weight excluding hydrogens is 114 g/mol. The van der Waals surface area contributed by atoms with Crippen LogP contribution in [0.3, 0.4) is 0 Å². The Labute approximate surface area is 53.5 Å². The number of allylic oxidation sites excluding steroid dienone is 2. The van der Waals surface area contributed by atoms with Gasteiger partial charge in [0, 0.05) is 0 Å². The highest BCUT2D eigenvalue weighted by Crippen LogP contribution is 2.10. The Hall–Kier alpha value is -1.05. The molecule has 9 heavy (non-hydrogen) atoms. The molecule has 0 aromatic rings. The molecule has 0 aromatic carbocycles. The third-order valence-electron chi connectivity index (χ3n) is 1.51. The van der Waals surface area contributed by atoms with Crippen molar-refractivity contribution in [3.8, 4) is 0 Å². The van der Waals surface area contributed by atoms with Crippen molar-refractivity contribution < 1.29 is 4.74 Å². The molecule has 2 aliphatic rings. The highest BCUT2D eigenvalue weighted by Gasteiger charge is 2.32. The Morgan fingerprint density at radius 1 is 1.22 bits per heavy atom. The highest BCUT2D eigenvalue weighted by molar-refractivity contribution is 5.50. The Bertz CT molecular complexity index is 193. The maximum atomic E-state index is 5.13. The first kappa shape index (κ1) is 4.79. The van der Waals surface area contributed by atoms with Gasteiger partial charge in [-0.3, -0.25) is 0 Å². The van der Waals surface area contributed by atoms with E-state index in [1.807, 2.05) is 24.3 Å². The molecule has 2 rings (SSSR count). The number of nitrogens with zero attached hydrogens (tertiary/aromatic N) is 1. The van der Waals surface area contributed by atoms with Crippen molar-refractivity contribution >= 4 is 6.40 Å². The minimum atomic E-state index is 0.176. The summed E-state index contributed by atoms with van der Waals surface area (Å²) in [5.74, 6) is 0. The van der Waals surface area contributed by atoms with Crippen molar-refractivity contribution in [3.05, 3.63) is 24.3 Å². The predicted octanol–water partition coefficient (Wildman–Crippen LogP) is 0.244. The van der Waals surface area contributed by atoms with Crippen LogP contribution >= 0.6 is 0 Å². The summed E-state index contributed by atoms with van der Waals surface area (Å²) in [7, 11) is 0. The maximum absolute atomic E-state index is 5.13. The smallest absolute Gasteiger partial charge is 0.392 e. The second-order valence-corrected chi connectivity index (χ2v) is 2.12. The second-order valence-electron chi connectivity index (χ2n) is 2.12. The van der Waals surface area contributed by atoms with Gasteiger partial charge in [0.1, 0.15) is 0 Å². The highest BCUT2D eigenvalue weighted by atomic mass is 16.5. The minimum absolute atomic E-state index is 0.176. The summed E-state index contributed by atoms with van der Waals surface area (Å²) in [6, 6.07) is 0.245. The molecule has 0 amide bonds. The Morgan fingerprint density at radius 2 is 2.11 bits per heavy atom. The SMILES string of the molecule is C1=CC2[N+]=COC2C=C1. The van der Waals surface area contributed by atoms with Crippen LogP contribution in [0.4, 0.5) is 0 Å². The number of hydrogen-bond acceptors (Lipinski definition) is 2. The molecule has 0 fully saturated rings. The molecule has 1 heterocycles. The summed E-state index contributed by atoms with van der Waals surface area (Å²) in [5.41, 5.74) is 0. The fraction of sp³-hybridized carbons (Fsp3) is 0.286. The molecule has 0 spiro atoms. The van der Waals surface area contributed by atoms with Crippen molar-refractivity contribution in [3.63, 3.8) is 0 Å². The predicted molar refractivity (Wildman–Crippen MR) is 35.1 cm³/mol. The number of rotatable bonds is 0. The van der Waals surface area contributed by atoms with Gasteiger partial charge in [-0.25, -0.2) is 0 Å². The van der Waals surface area contributed by atoms with E-state index >= 15 is 0 Å².